The van der Waals surface area contributed by atoms with E-state index in [1.165, 1.54) is 11.3 Å². The predicted octanol–water partition coefficient (Wildman–Crippen LogP) is 2.20. The molecule has 0 saturated carbocycles. The molecular weight excluding hydrogens is 220 g/mol. The number of pyridine rings is 1. The van der Waals surface area contributed by atoms with Crippen LogP contribution >= 0.6 is 11.8 Å². The van der Waals surface area contributed by atoms with Crippen molar-refractivity contribution in [3.8, 4) is 0 Å². The number of aromatic nitrogens is 3. The van der Waals surface area contributed by atoms with Gasteiger partial charge in [0.15, 0.2) is 5.65 Å². The summed E-state index contributed by atoms with van der Waals surface area (Å²) in [5, 5.41) is 7.57. The molecule has 1 N–H and O–H groups in total. The Labute approximate surface area is 99.5 Å². The lowest BCUT2D eigenvalue weighted by Crippen LogP contribution is -2.04. The minimum atomic E-state index is 0.715. The molecule has 0 fully saturated rings. The van der Waals surface area contributed by atoms with Gasteiger partial charge in [-0.05, 0) is 43.0 Å². The summed E-state index contributed by atoms with van der Waals surface area (Å²) in [5.41, 5.74) is 2.10. The second kappa shape index (κ2) is 5.21. The summed E-state index contributed by atoms with van der Waals surface area (Å²) in [7, 11) is 0. The van der Waals surface area contributed by atoms with E-state index >= 15 is 0 Å². The first-order valence-electron chi connectivity index (χ1n) is 5.35. The Morgan fingerprint density at radius 2 is 2.38 bits per heavy atom. The fourth-order valence-electron chi connectivity index (χ4n) is 1.47. The lowest BCUT2D eigenvalue weighted by molar-refractivity contribution is 0.928. The monoisotopic (exact) mass is 236 g/mol. The summed E-state index contributed by atoms with van der Waals surface area (Å²) in [5.74, 6) is 1.88. The summed E-state index contributed by atoms with van der Waals surface area (Å²) >= 11 is 1.86. The Kier molecular flexibility index (Phi) is 3.66. The zero-order valence-corrected chi connectivity index (χ0v) is 10.4. The Morgan fingerprint density at radius 3 is 3.19 bits per heavy atom. The molecule has 0 saturated heterocycles. The topological polar surface area (TPSA) is 42.2 Å². The van der Waals surface area contributed by atoms with Crippen molar-refractivity contribution >= 4 is 23.4 Å². The number of nitrogens with one attached hydrogen (secondary N) is 1. The number of hydrogen-bond acceptors (Lipinski definition) is 4. The van der Waals surface area contributed by atoms with Crippen LogP contribution < -0.4 is 5.32 Å². The maximum atomic E-state index is 4.41. The molecule has 86 valence electrons. The van der Waals surface area contributed by atoms with Crippen LogP contribution in [0.3, 0.4) is 0 Å². The largest absolute Gasteiger partial charge is 0.353 e. The van der Waals surface area contributed by atoms with Gasteiger partial charge in [-0.3, -0.25) is 0 Å². The molecular formula is C11H16N4S. The van der Waals surface area contributed by atoms with Crippen LogP contribution in [0.5, 0.6) is 0 Å². The Morgan fingerprint density at radius 1 is 1.50 bits per heavy atom. The Bertz CT molecular complexity index is 466. The van der Waals surface area contributed by atoms with Gasteiger partial charge in [-0.15, -0.1) is 5.10 Å². The molecule has 0 unspecified atom stereocenters. The molecule has 0 radical (unpaired) electrons. The maximum Gasteiger partial charge on any atom is 0.243 e. The fraction of sp³-hybridized carbons (Fsp3) is 0.455. The van der Waals surface area contributed by atoms with Crippen molar-refractivity contribution in [2.24, 2.45) is 0 Å². The van der Waals surface area contributed by atoms with Gasteiger partial charge in [0.2, 0.25) is 5.95 Å². The summed E-state index contributed by atoms with van der Waals surface area (Å²) < 4.78 is 1.80. The zero-order chi connectivity index (χ0) is 11.4. The molecule has 0 aliphatic carbocycles. The lowest BCUT2D eigenvalue weighted by atomic mass is 10.3. The molecule has 16 heavy (non-hydrogen) atoms. The van der Waals surface area contributed by atoms with Crippen LogP contribution in [0.1, 0.15) is 12.0 Å². The van der Waals surface area contributed by atoms with Crippen molar-refractivity contribution < 1.29 is 0 Å². The number of thioether (sulfide) groups is 1. The van der Waals surface area contributed by atoms with Gasteiger partial charge in [-0.25, -0.2) is 4.52 Å². The highest BCUT2D eigenvalue weighted by Gasteiger charge is 2.01. The van der Waals surface area contributed by atoms with Gasteiger partial charge in [-0.1, -0.05) is 0 Å². The standard InChI is InChI=1S/C11H16N4S/c1-9-4-6-15-10(8-9)13-11(14-15)12-5-3-7-16-2/h4,6,8H,3,5,7H2,1-2H3,(H,12,14). The minimum absolute atomic E-state index is 0.715. The first kappa shape index (κ1) is 11.3. The van der Waals surface area contributed by atoms with Crippen LogP contribution in [0.2, 0.25) is 0 Å². The molecule has 2 rings (SSSR count). The van der Waals surface area contributed by atoms with Crippen LogP contribution in [0.4, 0.5) is 5.95 Å². The van der Waals surface area contributed by atoms with Gasteiger partial charge in [0.1, 0.15) is 0 Å². The number of anilines is 1. The minimum Gasteiger partial charge on any atom is -0.353 e. The molecule has 2 aromatic rings. The van der Waals surface area contributed by atoms with Crippen molar-refractivity contribution in [1.82, 2.24) is 14.6 Å². The van der Waals surface area contributed by atoms with E-state index in [0.717, 1.165) is 18.6 Å². The van der Waals surface area contributed by atoms with Gasteiger partial charge < -0.3 is 5.32 Å². The highest BCUT2D eigenvalue weighted by molar-refractivity contribution is 7.98. The third-order valence-electron chi connectivity index (χ3n) is 2.30. The molecule has 4 nitrogen and oxygen atoms in total. The summed E-state index contributed by atoms with van der Waals surface area (Å²) in [6.07, 6.45) is 5.19. The molecule has 2 aromatic heterocycles. The van der Waals surface area contributed by atoms with E-state index < -0.39 is 0 Å². The highest BCUT2D eigenvalue weighted by Crippen LogP contribution is 2.07. The molecule has 5 heteroatoms. The van der Waals surface area contributed by atoms with Gasteiger partial charge in [0.05, 0.1) is 0 Å². The second-order valence-corrected chi connectivity index (χ2v) is 4.70. The van der Waals surface area contributed by atoms with Crippen molar-refractivity contribution in [3.05, 3.63) is 23.9 Å². The van der Waals surface area contributed by atoms with Crippen LogP contribution in [0, 0.1) is 6.92 Å². The second-order valence-electron chi connectivity index (χ2n) is 3.72. The molecule has 0 spiro atoms. The number of aryl methyl sites for hydroxylation is 1. The SMILES string of the molecule is CSCCCNc1nc2cc(C)ccn2n1. The number of nitrogens with zero attached hydrogens (tertiary/aromatic N) is 3. The van der Waals surface area contributed by atoms with Crippen LogP contribution in [0.15, 0.2) is 18.3 Å². The molecule has 0 aromatic carbocycles. The lowest BCUT2D eigenvalue weighted by Gasteiger charge is -1.98. The zero-order valence-electron chi connectivity index (χ0n) is 9.60. The first-order chi connectivity index (χ1) is 7.79. The quantitative estimate of drug-likeness (QED) is 0.808. The van der Waals surface area contributed by atoms with E-state index in [2.05, 4.69) is 28.6 Å². The normalized spacial score (nSPS) is 10.9. The average Bonchev–Trinajstić information content (AvgIpc) is 2.66. The van der Waals surface area contributed by atoms with E-state index in [4.69, 9.17) is 0 Å². The third kappa shape index (κ3) is 2.66. The van der Waals surface area contributed by atoms with E-state index in [-0.39, 0.29) is 0 Å². The third-order valence-corrected chi connectivity index (χ3v) is 3.00. The van der Waals surface area contributed by atoms with Crippen molar-refractivity contribution in [3.63, 3.8) is 0 Å². The van der Waals surface area contributed by atoms with E-state index in [1.807, 2.05) is 30.1 Å². The molecule has 0 bridgehead atoms. The van der Waals surface area contributed by atoms with E-state index in [0.29, 0.717) is 5.95 Å². The fourth-order valence-corrected chi connectivity index (χ4v) is 1.91. The molecule has 0 aliphatic heterocycles. The number of fused-ring (bicyclic) bond motifs is 1. The van der Waals surface area contributed by atoms with Gasteiger partial charge in [0.25, 0.3) is 0 Å². The van der Waals surface area contributed by atoms with Gasteiger partial charge in [-0.2, -0.15) is 16.7 Å². The first-order valence-corrected chi connectivity index (χ1v) is 6.75. The predicted molar refractivity (Wildman–Crippen MR) is 69.2 cm³/mol. The van der Waals surface area contributed by atoms with Gasteiger partial charge >= 0.3 is 0 Å². The van der Waals surface area contributed by atoms with Crippen LogP contribution in [-0.2, 0) is 0 Å². The number of rotatable bonds is 5. The smallest absolute Gasteiger partial charge is 0.243 e. The molecule has 0 amide bonds. The molecule has 0 aliphatic rings. The summed E-state index contributed by atoms with van der Waals surface area (Å²) in [6, 6.07) is 4.05. The van der Waals surface area contributed by atoms with Crippen molar-refractivity contribution in [2.45, 2.75) is 13.3 Å². The average molecular weight is 236 g/mol. The maximum absolute atomic E-state index is 4.41. The van der Waals surface area contributed by atoms with Crippen LogP contribution in [-0.4, -0.2) is 33.2 Å². The van der Waals surface area contributed by atoms with Crippen molar-refractivity contribution in [1.29, 1.82) is 0 Å². The van der Waals surface area contributed by atoms with E-state index in [1.54, 1.807) is 4.52 Å². The highest BCUT2D eigenvalue weighted by atomic mass is 32.2. The molecule has 2 heterocycles. The van der Waals surface area contributed by atoms with Crippen LogP contribution in [0.25, 0.3) is 5.65 Å². The summed E-state index contributed by atoms with van der Waals surface area (Å²) in [6.45, 7) is 2.98. The Balaban J connectivity index is 2.02. The van der Waals surface area contributed by atoms with Crippen molar-refractivity contribution in [2.75, 3.05) is 23.9 Å². The summed E-state index contributed by atoms with van der Waals surface area (Å²) in [4.78, 5) is 4.41. The Hall–Kier alpha value is -1.23. The van der Waals surface area contributed by atoms with Gasteiger partial charge in [0, 0.05) is 12.7 Å². The number of hydrogen-bond donors (Lipinski definition) is 1. The van der Waals surface area contributed by atoms with E-state index in [9.17, 15) is 0 Å². The molecule has 0 atom stereocenters.